The van der Waals surface area contributed by atoms with Crippen LogP contribution in [0.5, 0.6) is 0 Å². The van der Waals surface area contributed by atoms with E-state index in [0.717, 1.165) is 12.8 Å². The summed E-state index contributed by atoms with van der Waals surface area (Å²) in [5.74, 6) is -1.33. The number of ether oxygens (including phenoxy) is 2. The van der Waals surface area contributed by atoms with Crippen LogP contribution in [0.3, 0.4) is 0 Å². The fourth-order valence-corrected chi connectivity index (χ4v) is 4.05. The van der Waals surface area contributed by atoms with E-state index in [1.165, 1.54) is 70.6 Å². The first kappa shape index (κ1) is 26.7. The molecule has 0 heterocycles. The Balaban J connectivity index is 2.03. The topological polar surface area (TPSA) is 52.6 Å². The second kappa shape index (κ2) is 17.4. The van der Waals surface area contributed by atoms with E-state index in [1.807, 2.05) is 26.0 Å². The lowest BCUT2D eigenvalue weighted by atomic mass is 9.83. The van der Waals surface area contributed by atoms with Gasteiger partial charge >= 0.3 is 11.9 Å². The molecular weight excluding hydrogens is 376 g/mol. The highest BCUT2D eigenvalue weighted by molar-refractivity contribution is 5.82. The van der Waals surface area contributed by atoms with Crippen molar-refractivity contribution < 1.29 is 19.1 Å². The van der Waals surface area contributed by atoms with E-state index in [-0.39, 0.29) is 18.0 Å². The number of hydrogen-bond acceptors (Lipinski definition) is 4. The molecule has 0 saturated heterocycles. The molecule has 174 valence electrons. The van der Waals surface area contributed by atoms with Gasteiger partial charge in [-0.3, -0.25) is 9.59 Å². The average Bonchev–Trinajstić information content (AvgIpc) is 2.73. The number of hydrogen-bond donors (Lipinski definition) is 0. The third-order valence-corrected chi connectivity index (χ3v) is 5.88. The van der Waals surface area contributed by atoms with Crippen molar-refractivity contribution in [3.05, 3.63) is 12.2 Å². The van der Waals surface area contributed by atoms with Crippen LogP contribution in [0.2, 0.25) is 0 Å². The monoisotopic (exact) mass is 422 g/mol. The molecule has 1 aliphatic rings. The number of unbranched alkanes of at least 4 members (excludes halogenated alkanes) is 12. The molecule has 0 aliphatic heterocycles. The Kier molecular flexibility index (Phi) is 15.5. The first-order valence-corrected chi connectivity index (χ1v) is 12.6. The summed E-state index contributed by atoms with van der Waals surface area (Å²) < 4.78 is 10.8. The van der Waals surface area contributed by atoms with Gasteiger partial charge in [-0.15, -0.1) is 0 Å². The van der Waals surface area contributed by atoms with Gasteiger partial charge in [0, 0.05) is 0 Å². The van der Waals surface area contributed by atoms with Crippen LogP contribution >= 0.6 is 0 Å². The SMILES string of the molecule is CCCCCCCCCCCCCCCOC(=O)C1CC=CCC1C(=O)OC(C)C. The molecule has 0 aromatic carbocycles. The first-order chi connectivity index (χ1) is 14.6. The molecule has 30 heavy (non-hydrogen) atoms. The van der Waals surface area contributed by atoms with Gasteiger partial charge in [-0.05, 0) is 33.1 Å². The quantitative estimate of drug-likeness (QED) is 0.142. The van der Waals surface area contributed by atoms with Crippen molar-refractivity contribution >= 4 is 11.9 Å². The van der Waals surface area contributed by atoms with E-state index >= 15 is 0 Å². The third-order valence-electron chi connectivity index (χ3n) is 5.88. The van der Waals surface area contributed by atoms with Crippen LogP contribution in [0.25, 0.3) is 0 Å². The van der Waals surface area contributed by atoms with Gasteiger partial charge in [0.05, 0.1) is 24.5 Å². The molecule has 2 unspecified atom stereocenters. The zero-order valence-corrected chi connectivity index (χ0v) is 19.8. The van der Waals surface area contributed by atoms with E-state index in [2.05, 4.69) is 6.92 Å². The van der Waals surface area contributed by atoms with Crippen molar-refractivity contribution in [3.63, 3.8) is 0 Å². The standard InChI is InChI=1S/C26H46O4/c1-4-5-6-7-8-9-10-11-12-13-14-15-18-21-29-25(27)23-19-16-17-20-24(23)26(28)30-22(2)3/h16-17,22-24H,4-15,18-21H2,1-3H3. The molecule has 4 heteroatoms. The van der Waals surface area contributed by atoms with Crippen molar-refractivity contribution in [2.45, 2.75) is 123 Å². The molecule has 0 amide bonds. The maximum atomic E-state index is 12.5. The number of carbonyl (C=O) groups is 2. The van der Waals surface area contributed by atoms with Gasteiger partial charge in [-0.1, -0.05) is 96.1 Å². The van der Waals surface area contributed by atoms with Gasteiger partial charge < -0.3 is 9.47 Å². The predicted molar refractivity (Wildman–Crippen MR) is 123 cm³/mol. The Morgan fingerprint density at radius 2 is 1.17 bits per heavy atom. The zero-order chi connectivity index (χ0) is 22.0. The number of rotatable bonds is 17. The Labute approximate surface area is 185 Å². The van der Waals surface area contributed by atoms with Crippen LogP contribution in [0.1, 0.15) is 117 Å². The molecule has 0 spiro atoms. The maximum absolute atomic E-state index is 12.5. The second-order valence-corrected chi connectivity index (χ2v) is 9.05. The molecule has 0 radical (unpaired) electrons. The molecule has 1 aliphatic carbocycles. The molecule has 0 fully saturated rings. The van der Waals surface area contributed by atoms with E-state index in [1.54, 1.807) is 0 Å². The normalized spacial score (nSPS) is 18.5. The van der Waals surface area contributed by atoms with E-state index in [0.29, 0.717) is 19.4 Å². The summed E-state index contributed by atoms with van der Waals surface area (Å²) in [4.78, 5) is 24.7. The van der Waals surface area contributed by atoms with Gasteiger partial charge in [0.25, 0.3) is 0 Å². The molecule has 4 nitrogen and oxygen atoms in total. The minimum absolute atomic E-state index is 0.161. The minimum atomic E-state index is -0.406. The van der Waals surface area contributed by atoms with E-state index in [9.17, 15) is 9.59 Å². The highest BCUT2D eigenvalue weighted by Crippen LogP contribution is 2.28. The Morgan fingerprint density at radius 1 is 0.733 bits per heavy atom. The Morgan fingerprint density at radius 3 is 1.63 bits per heavy atom. The number of esters is 2. The first-order valence-electron chi connectivity index (χ1n) is 12.6. The van der Waals surface area contributed by atoms with Gasteiger partial charge in [0.1, 0.15) is 0 Å². The van der Waals surface area contributed by atoms with Crippen molar-refractivity contribution in [1.82, 2.24) is 0 Å². The van der Waals surface area contributed by atoms with E-state index < -0.39 is 11.8 Å². The van der Waals surface area contributed by atoms with Crippen molar-refractivity contribution in [2.24, 2.45) is 11.8 Å². The third kappa shape index (κ3) is 12.4. The molecule has 0 bridgehead atoms. The summed E-state index contributed by atoms with van der Waals surface area (Å²) >= 11 is 0. The Bertz CT molecular complexity index is 483. The van der Waals surface area contributed by atoms with Crippen LogP contribution in [0.4, 0.5) is 0 Å². The summed E-state index contributed by atoms with van der Waals surface area (Å²) in [6.07, 6.45) is 21.8. The number of allylic oxidation sites excluding steroid dienone is 2. The Hall–Kier alpha value is -1.32. The summed E-state index contributed by atoms with van der Waals surface area (Å²) in [6.45, 7) is 6.39. The van der Waals surface area contributed by atoms with Crippen molar-refractivity contribution in [3.8, 4) is 0 Å². The van der Waals surface area contributed by atoms with E-state index in [4.69, 9.17) is 9.47 Å². The molecule has 0 saturated carbocycles. The second-order valence-electron chi connectivity index (χ2n) is 9.05. The van der Waals surface area contributed by atoms with Crippen molar-refractivity contribution in [2.75, 3.05) is 6.61 Å². The zero-order valence-electron chi connectivity index (χ0n) is 19.8. The largest absolute Gasteiger partial charge is 0.465 e. The predicted octanol–water partition coefficient (Wildman–Crippen LogP) is 7.15. The number of carbonyl (C=O) groups excluding carboxylic acids is 2. The highest BCUT2D eigenvalue weighted by atomic mass is 16.5. The smallest absolute Gasteiger partial charge is 0.310 e. The van der Waals surface area contributed by atoms with Crippen LogP contribution in [0, 0.1) is 11.8 Å². The summed E-state index contributed by atoms with van der Waals surface area (Å²) in [5, 5.41) is 0. The minimum Gasteiger partial charge on any atom is -0.465 e. The molecule has 0 N–H and O–H groups in total. The lowest BCUT2D eigenvalue weighted by molar-refractivity contribution is -0.163. The summed E-state index contributed by atoms with van der Waals surface area (Å²) in [6, 6.07) is 0. The van der Waals surface area contributed by atoms with Gasteiger partial charge in [-0.2, -0.15) is 0 Å². The fourth-order valence-electron chi connectivity index (χ4n) is 4.05. The maximum Gasteiger partial charge on any atom is 0.310 e. The summed E-state index contributed by atoms with van der Waals surface area (Å²) in [5.41, 5.74) is 0. The van der Waals surface area contributed by atoms with Crippen LogP contribution in [0.15, 0.2) is 12.2 Å². The van der Waals surface area contributed by atoms with Crippen LogP contribution in [-0.2, 0) is 19.1 Å². The van der Waals surface area contributed by atoms with Gasteiger partial charge in [0.15, 0.2) is 0 Å². The van der Waals surface area contributed by atoms with Gasteiger partial charge in [-0.25, -0.2) is 0 Å². The van der Waals surface area contributed by atoms with Gasteiger partial charge in [0.2, 0.25) is 0 Å². The lowest BCUT2D eigenvalue weighted by Crippen LogP contribution is -2.34. The molecule has 0 aromatic rings. The molecule has 1 rings (SSSR count). The highest BCUT2D eigenvalue weighted by Gasteiger charge is 2.36. The molecule has 0 aromatic heterocycles. The van der Waals surface area contributed by atoms with Crippen LogP contribution < -0.4 is 0 Å². The average molecular weight is 423 g/mol. The molecule has 2 atom stereocenters. The lowest BCUT2D eigenvalue weighted by Gasteiger charge is -2.26. The molecular formula is C26H46O4. The fraction of sp³-hybridized carbons (Fsp3) is 0.846. The van der Waals surface area contributed by atoms with Crippen LogP contribution in [-0.4, -0.2) is 24.6 Å². The summed E-state index contributed by atoms with van der Waals surface area (Å²) in [7, 11) is 0. The van der Waals surface area contributed by atoms with Crippen molar-refractivity contribution in [1.29, 1.82) is 0 Å².